The van der Waals surface area contributed by atoms with E-state index in [0.29, 0.717) is 0 Å². The summed E-state index contributed by atoms with van der Waals surface area (Å²) in [5, 5.41) is 0. The Kier molecular flexibility index (Phi) is 4.79. The molecule has 1 saturated heterocycles. The molecule has 0 aromatic heterocycles. The molecule has 0 aromatic rings. The summed E-state index contributed by atoms with van der Waals surface area (Å²) in [5.41, 5.74) is 0. The van der Waals surface area contributed by atoms with Gasteiger partial charge in [-0.3, -0.25) is 0 Å². The molecule has 8 heavy (non-hydrogen) atoms. The number of ether oxygens (including phenoxy) is 1. The second kappa shape index (κ2) is 3.89. The quantitative estimate of drug-likeness (QED) is 0.423. The van der Waals surface area contributed by atoms with Crippen molar-refractivity contribution < 1.29 is 32.4 Å². The zero-order valence-electron chi connectivity index (χ0n) is 4.49. The molecule has 0 aromatic carbocycles. The van der Waals surface area contributed by atoms with E-state index in [0.717, 1.165) is 19.4 Å². The summed E-state index contributed by atoms with van der Waals surface area (Å²) in [7, 11) is 0. The molecule has 0 spiro atoms. The standard InChI is InChI=1S/C4H6Br2O.Hg/c5-4(6)2-1-3-7-4;/h1-3H2;. The molecule has 0 N–H and O–H groups in total. The van der Waals surface area contributed by atoms with Crippen LogP contribution in [0.2, 0.25) is 0 Å². The zero-order valence-corrected chi connectivity index (χ0v) is 13.2. The van der Waals surface area contributed by atoms with E-state index >= 15 is 0 Å². The van der Waals surface area contributed by atoms with Crippen LogP contribution in [-0.4, -0.2) is 10.0 Å². The molecule has 44 valence electrons. The van der Waals surface area contributed by atoms with Crippen molar-refractivity contribution in [1.82, 2.24) is 0 Å². The first kappa shape index (κ1) is 9.86. The number of halogens is 2. The van der Waals surface area contributed by atoms with Crippen LogP contribution < -0.4 is 0 Å². The molecule has 4 heteroatoms. The second-order valence-corrected chi connectivity index (χ2v) is 5.22. The van der Waals surface area contributed by atoms with Gasteiger partial charge in [-0.2, -0.15) is 0 Å². The van der Waals surface area contributed by atoms with Crippen molar-refractivity contribution in [3.05, 3.63) is 0 Å². The van der Waals surface area contributed by atoms with Gasteiger partial charge in [0.2, 0.25) is 0 Å². The Morgan fingerprint density at radius 3 is 2.12 bits per heavy atom. The third kappa shape index (κ3) is 3.13. The van der Waals surface area contributed by atoms with Gasteiger partial charge >= 0.3 is 0 Å². The van der Waals surface area contributed by atoms with Gasteiger partial charge < -0.3 is 4.74 Å². The summed E-state index contributed by atoms with van der Waals surface area (Å²) in [6, 6.07) is 0. The largest absolute Gasteiger partial charge is 0.354 e. The Bertz CT molecular complexity index is 68.4. The molecule has 1 nitrogen and oxygen atoms in total. The number of hydrogen-bond donors (Lipinski definition) is 0. The SMILES string of the molecule is BrC1(Br)CCCO1.[Hg]. The van der Waals surface area contributed by atoms with Crippen LogP contribution in [0.1, 0.15) is 12.8 Å². The molecule has 0 saturated carbocycles. The van der Waals surface area contributed by atoms with E-state index < -0.39 is 0 Å². The number of hydrogen-bond acceptors (Lipinski definition) is 1. The maximum atomic E-state index is 5.17. The van der Waals surface area contributed by atoms with Crippen LogP contribution in [0, 0.1) is 0 Å². The van der Waals surface area contributed by atoms with Crippen molar-refractivity contribution in [1.29, 1.82) is 0 Å². The Morgan fingerprint density at radius 2 is 2.00 bits per heavy atom. The van der Waals surface area contributed by atoms with Crippen LogP contribution >= 0.6 is 31.9 Å². The minimum Gasteiger partial charge on any atom is -0.354 e. The minimum atomic E-state index is -0.181. The van der Waals surface area contributed by atoms with Gasteiger partial charge in [-0.05, 0) is 44.7 Å². The monoisotopic (exact) mass is 430 g/mol. The van der Waals surface area contributed by atoms with E-state index in [9.17, 15) is 0 Å². The van der Waals surface area contributed by atoms with Crippen molar-refractivity contribution in [2.24, 2.45) is 0 Å². The summed E-state index contributed by atoms with van der Waals surface area (Å²) in [6.45, 7) is 0.872. The second-order valence-electron chi connectivity index (χ2n) is 1.59. The molecule has 0 radical (unpaired) electrons. The molecular weight excluding hydrogens is 424 g/mol. The molecule has 1 aliphatic rings. The molecule has 1 aliphatic heterocycles. The predicted octanol–water partition coefficient (Wildman–Crippen LogP) is 2.24. The van der Waals surface area contributed by atoms with Crippen molar-refractivity contribution in [3.8, 4) is 0 Å². The Balaban J connectivity index is 0.000000490. The Morgan fingerprint density at radius 1 is 1.38 bits per heavy atom. The molecule has 1 fully saturated rings. The van der Waals surface area contributed by atoms with Gasteiger partial charge in [0.05, 0.1) is 0 Å². The summed E-state index contributed by atoms with van der Waals surface area (Å²) in [4.78, 5) is 0. The Hall–Kier alpha value is 1.86. The fourth-order valence-electron chi connectivity index (χ4n) is 0.572. The fraction of sp³-hybridized carbons (Fsp3) is 1.00. The number of rotatable bonds is 0. The molecular formula is C4H6Br2HgO. The van der Waals surface area contributed by atoms with Crippen molar-refractivity contribution >= 4 is 31.9 Å². The molecule has 0 amide bonds. The molecule has 1 heterocycles. The van der Waals surface area contributed by atoms with Crippen molar-refractivity contribution in [2.75, 3.05) is 6.61 Å². The van der Waals surface area contributed by atoms with Crippen LogP contribution in [0.15, 0.2) is 0 Å². The van der Waals surface area contributed by atoms with E-state index in [-0.39, 0.29) is 31.1 Å². The van der Waals surface area contributed by atoms with Crippen molar-refractivity contribution in [3.63, 3.8) is 0 Å². The van der Waals surface area contributed by atoms with E-state index in [2.05, 4.69) is 31.9 Å². The maximum absolute atomic E-state index is 5.17. The van der Waals surface area contributed by atoms with Gasteiger partial charge in [0, 0.05) is 34.3 Å². The average Bonchev–Trinajstić information content (AvgIpc) is 1.84. The maximum Gasteiger partial charge on any atom is 0.177 e. The van der Waals surface area contributed by atoms with E-state index in [4.69, 9.17) is 4.74 Å². The van der Waals surface area contributed by atoms with Crippen LogP contribution in [0.25, 0.3) is 0 Å². The normalized spacial score (nSPS) is 24.8. The first-order valence-electron chi connectivity index (χ1n) is 2.22. The topological polar surface area (TPSA) is 9.23 Å². The third-order valence-electron chi connectivity index (χ3n) is 0.925. The molecule has 0 bridgehead atoms. The summed E-state index contributed by atoms with van der Waals surface area (Å²) in [6.07, 6.45) is 2.21. The molecule has 1 rings (SSSR count). The first-order valence-corrected chi connectivity index (χ1v) is 3.81. The summed E-state index contributed by atoms with van der Waals surface area (Å²) in [5.74, 6) is 0. The van der Waals surface area contributed by atoms with Gasteiger partial charge in [-0.1, -0.05) is 0 Å². The predicted molar refractivity (Wildman–Crippen MR) is 35.8 cm³/mol. The number of alkyl halides is 2. The van der Waals surface area contributed by atoms with Gasteiger partial charge in [-0.15, -0.1) is 0 Å². The summed E-state index contributed by atoms with van der Waals surface area (Å²) >= 11 is 6.67. The smallest absolute Gasteiger partial charge is 0.177 e. The minimum absolute atomic E-state index is 0. The molecule has 0 aliphatic carbocycles. The van der Waals surface area contributed by atoms with E-state index in [1.807, 2.05) is 0 Å². The molecule has 0 unspecified atom stereocenters. The van der Waals surface area contributed by atoms with Gasteiger partial charge in [-0.25, -0.2) is 0 Å². The van der Waals surface area contributed by atoms with Crippen LogP contribution in [0.3, 0.4) is 0 Å². The first-order chi connectivity index (χ1) is 3.21. The zero-order chi connectivity index (χ0) is 5.33. The average molecular weight is 430 g/mol. The van der Waals surface area contributed by atoms with Gasteiger partial charge in [0.15, 0.2) is 3.42 Å². The fourth-order valence-corrected chi connectivity index (χ4v) is 1.46. The van der Waals surface area contributed by atoms with Crippen molar-refractivity contribution in [2.45, 2.75) is 16.3 Å². The van der Waals surface area contributed by atoms with Gasteiger partial charge in [0.25, 0.3) is 0 Å². The van der Waals surface area contributed by atoms with Crippen LogP contribution in [-0.2, 0) is 32.4 Å². The van der Waals surface area contributed by atoms with Crippen LogP contribution in [0.4, 0.5) is 0 Å². The van der Waals surface area contributed by atoms with Crippen LogP contribution in [0.5, 0.6) is 0 Å². The van der Waals surface area contributed by atoms with E-state index in [1.165, 1.54) is 0 Å². The van der Waals surface area contributed by atoms with E-state index in [1.54, 1.807) is 0 Å². The Labute approximate surface area is 86.3 Å². The molecule has 0 atom stereocenters. The van der Waals surface area contributed by atoms with Gasteiger partial charge in [0.1, 0.15) is 0 Å². The third-order valence-corrected chi connectivity index (χ3v) is 2.18. The summed E-state index contributed by atoms with van der Waals surface area (Å²) < 4.78 is 4.99.